The van der Waals surface area contributed by atoms with Gasteiger partial charge < -0.3 is 9.64 Å². The third-order valence-corrected chi connectivity index (χ3v) is 8.22. The molecule has 4 aromatic rings. The van der Waals surface area contributed by atoms with Crippen LogP contribution in [0.2, 0.25) is 0 Å². The van der Waals surface area contributed by atoms with Crippen molar-refractivity contribution in [1.82, 2.24) is 24.7 Å². The predicted molar refractivity (Wildman–Crippen MR) is 146 cm³/mol. The van der Waals surface area contributed by atoms with E-state index in [4.69, 9.17) is 9.72 Å². The number of aromatic nitrogens is 5. The molecule has 0 N–H and O–H groups in total. The molecule has 4 aromatic heterocycles. The van der Waals surface area contributed by atoms with Gasteiger partial charge in [0, 0.05) is 54.6 Å². The van der Waals surface area contributed by atoms with E-state index < -0.39 is 21.7 Å². The summed E-state index contributed by atoms with van der Waals surface area (Å²) in [5.41, 5.74) is 0.974. The molecule has 9 nitrogen and oxygen atoms in total. The number of nitrogens with zero attached hydrogens (tertiary/aromatic N) is 6. The van der Waals surface area contributed by atoms with Crippen LogP contribution in [0, 0.1) is 5.92 Å². The molecule has 1 fully saturated rings. The van der Waals surface area contributed by atoms with E-state index in [0.29, 0.717) is 23.7 Å². The van der Waals surface area contributed by atoms with E-state index in [-0.39, 0.29) is 40.2 Å². The zero-order valence-corrected chi connectivity index (χ0v) is 23.5. The van der Waals surface area contributed by atoms with Crippen LogP contribution in [0.1, 0.15) is 38.1 Å². The summed E-state index contributed by atoms with van der Waals surface area (Å²) in [6.45, 7) is 6.46. The van der Waals surface area contributed by atoms with Crippen molar-refractivity contribution >= 4 is 26.4 Å². The molecule has 1 saturated heterocycles. The number of methoxy groups -OCH3 is 1. The van der Waals surface area contributed by atoms with Gasteiger partial charge in [-0.2, -0.15) is 18.3 Å². The minimum atomic E-state index is -4.74. The second-order valence-electron chi connectivity index (χ2n) is 10.4. The first kappa shape index (κ1) is 27.8. The Balaban J connectivity index is 1.66. The van der Waals surface area contributed by atoms with Gasteiger partial charge in [-0.1, -0.05) is 13.8 Å². The highest BCUT2D eigenvalue weighted by Crippen LogP contribution is 2.39. The summed E-state index contributed by atoms with van der Waals surface area (Å²) in [6, 6.07) is 6.74. The van der Waals surface area contributed by atoms with Gasteiger partial charge in [-0.3, -0.25) is 4.98 Å². The number of hydrogen-bond donors (Lipinski definition) is 0. The Kier molecular flexibility index (Phi) is 6.97. The van der Waals surface area contributed by atoms with Gasteiger partial charge in [0.15, 0.2) is 11.5 Å². The van der Waals surface area contributed by atoms with Gasteiger partial charge in [0.05, 0.1) is 41.2 Å². The van der Waals surface area contributed by atoms with Crippen LogP contribution in [-0.4, -0.2) is 64.9 Å². The second kappa shape index (κ2) is 10.0. The van der Waals surface area contributed by atoms with E-state index in [1.807, 2.05) is 26.8 Å². The summed E-state index contributed by atoms with van der Waals surface area (Å²) in [6.07, 6.45) is 0.522. The minimum absolute atomic E-state index is 0.0166. The molecule has 2 atom stereocenters. The highest BCUT2D eigenvalue weighted by atomic mass is 32.2. The highest BCUT2D eigenvalue weighted by Gasteiger charge is 2.39. The molecule has 5 rings (SSSR count). The fourth-order valence-corrected chi connectivity index (χ4v) is 6.17. The molecule has 0 saturated carbocycles. The van der Waals surface area contributed by atoms with Gasteiger partial charge in [0.25, 0.3) is 0 Å². The zero-order valence-electron chi connectivity index (χ0n) is 22.6. The van der Waals surface area contributed by atoms with Gasteiger partial charge in [-0.25, -0.2) is 23.1 Å². The Bertz CT molecular complexity index is 1690. The molecule has 40 heavy (non-hydrogen) atoms. The number of pyridine rings is 3. The van der Waals surface area contributed by atoms with Crippen LogP contribution in [0.4, 0.5) is 18.9 Å². The summed E-state index contributed by atoms with van der Waals surface area (Å²) >= 11 is 0. The monoisotopic (exact) mass is 574 g/mol. The lowest BCUT2D eigenvalue weighted by atomic mass is 9.90. The maximum Gasteiger partial charge on any atom is 0.434 e. The minimum Gasteiger partial charge on any atom is -0.496 e. The van der Waals surface area contributed by atoms with Crippen LogP contribution in [-0.2, 0) is 16.0 Å². The average Bonchev–Trinajstić information content (AvgIpc) is 3.32. The fourth-order valence-electron chi connectivity index (χ4n) is 5.01. The number of halogens is 3. The first-order valence-electron chi connectivity index (χ1n) is 12.7. The predicted octanol–water partition coefficient (Wildman–Crippen LogP) is 4.90. The molecule has 0 amide bonds. The fraction of sp³-hybridized carbons (Fsp3) is 0.407. The first-order valence-corrected chi connectivity index (χ1v) is 14.7. The van der Waals surface area contributed by atoms with Gasteiger partial charge in [-0.15, -0.1) is 0 Å². The van der Waals surface area contributed by atoms with Crippen molar-refractivity contribution in [2.75, 3.05) is 30.6 Å². The molecule has 13 heteroatoms. The molecule has 0 unspecified atom stereocenters. The van der Waals surface area contributed by atoms with Crippen LogP contribution < -0.4 is 9.64 Å². The third kappa shape index (κ3) is 5.21. The first-order chi connectivity index (χ1) is 18.8. The number of rotatable bonds is 7. The molecule has 1 aliphatic rings. The van der Waals surface area contributed by atoms with Gasteiger partial charge in [0.1, 0.15) is 15.6 Å². The molecular weight excluding hydrogens is 545 g/mol. The van der Waals surface area contributed by atoms with Crippen molar-refractivity contribution in [3.63, 3.8) is 0 Å². The lowest BCUT2D eigenvalue weighted by Crippen LogP contribution is -2.57. The lowest BCUT2D eigenvalue weighted by molar-refractivity contribution is -0.139. The number of hydrogen-bond acceptors (Lipinski definition) is 8. The maximum atomic E-state index is 14.2. The largest absolute Gasteiger partial charge is 0.496 e. The molecule has 0 aromatic carbocycles. The van der Waals surface area contributed by atoms with Crippen molar-refractivity contribution < 1.29 is 26.3 Å². The van der Waals surface area contributed by atoms with E-state index in [0.717, 1.165) is 17.6 Å². The highest BCUT2D eigenvalue weighted by molar-refractivity contribution is 7.90. The average molecular weight is 575 g/mol. The van der Waals surface area contributed by atoms with E-state index in [9.17, 15) is 21.6 Å². The Morgan fingerprint density at radius 2 is 1.90 bits per heavy atom. The summed E-state index contributed by atoms with van der Waals surface area (Å²) in [5.74, 6) is 0.776. The van der Waals surface area contributed by atoms with Gasteiger partial charge in [-0.05, 0) is 31.0 Å². The van der Waals surface area contributed by atoms with Gasteiger partial charge >= 0.3 is 6.18 Å². The molecule has 0 bridgehead atoms. The molecular formula is C27H29F3N6O3S. The van der Waals surface area contributed by atoms with Crippen molar-refractivity contribution in [3.8, 4) is 22.8 Å². The van der Waals surface area contributed by atoms with E-state index >= 15 is 0 Å². The number of sulfone groups is 1. The topological polar surface area (TPSA) is 103 Å². The molecule has 212 valence electrons. The normalized spacial score (nSPS) is 17.9. The van der Waals surface area contributed by atoms with Crippen molar-refractivity contribution in [2.45, 2.75) is 38.9 Å². The quantitative estimate of drug-likeness (QED) is 0.307. The number of anilines is 1. The molecule has 1 aliphatic heterocycles. The lowest BCUT2D eigenvalue weighted by Gasteiger charge is -2.48. The summed E-state index contributed by atoms with van der Waals surface area (Å²) in [5, 5.41) is 4.15. The van der Waals surface area contributed by atoms with Crippen molar-refractivity contribution in [1.29, 1.82) is 0 Å². The molecule has 0 aliphatic carbocycles. The standard InChI is InChI=1S/C27H29F3N6O3S/c1-15(2)21-8-18(35-13-17(16(35)3)14-40(5,37)38)9-25(33-21)36-23-10-22(19-11-31-7-6-24(19)39-4)34-26(27(28,29)30)20(23)12-32-36/h6-12,15-17H,13-14H2,1-5H3/t16-,17-/m1/s1. The maximum absolute atomic E-state index is 14.2. The van der Waals surface area contributed by atoms with E-state index in [1.54, 1.807) is 12.1 Å². The Morgan fingerprint density at radius 3 is 2.52 bits per heavy atom. The molecule has 5 heterocycles. The summed E-state index contributed by atoms with van der Waals surface area (Å²) < 4.78 is 73.0. The number of fused-ring (bicyclic) bond motifs is 1. The zero-order chi connectivity index (χ0) is 29.0. The smallest absolute Gasteiger partial charge is 0.434 e. The summed E-state index contributed by atoms with van der Waals surface area (Å²) in [7, 11) is -1.70. The van der Waals surface area contributed by atoms with Crippen molar-refractivity contribution in [3.05, 3.63) is 54.2 Å². The van der Waals surface area contributed by atoms with Crippen LogP contribution >= 0.6 is 0 Å². The second-order valence-corrected chi connectivity index (χ2v) is 12.6. The number of alkyl halides is 3. The SMILES string of the molecule is COc1ccncc1-c1cc2c(cnn2-c2cc(N3C[C@H](CS(C)(=O)=O)[C@H]3C)cc(C(C)C)n2)c(C(F)(F)F)n1. The molecule has 0 spiro atoms. The van der Waals surface area contributed by atoms with Crippen LogP contribution in [0.5, 0.6) is 5.75 Å². The Hall–Kier alpha value is -3.74. The van der Waals surface area contributed by atoms with Crippen molar-refractivity contribution in [2.24, 2.45) is 5.92 Å². The van der Waals surface area contributed by atoms with Crippen LogP contribution in [0.15, 0.2) is 42.9 Å². The molecule has 0 radical (unpaired) electrons. The van der Waals surface area contributed by atoms with E-state index in [1.165, 1.54) is 36.5 Å². The number of ether oxygens (including phenoxy) is 1. The van der Waals surface area contributed by atoms with Crippen LogP contribution in [0.25, 0.3) is 28.0 Å². The summed E-state index contributed by atoms with van der Waals surface area (Å²) in [4.78, 5) is 14.8. The Labute approximate surface area is 229 Å². The Morgan fingerprint density at radius 1 is 1.15 bits per heavy atom. The van der Waals surface area contributed by atoms with Crippen LogP contribution in [0.3, 0.4) is 0 Å². The van der Waals surface area contributed by atoms with E-state index in [2.05, 4.69) is 20.0 Å². The third-order valence-electron chi connectivity index (χ3n) is 7.19. The van der Waals surface area contributed by atoms with Gasteiger partial charge in [0.2, 0.25) is 0 Å².